The smallest absolute Gasteiger partial charge is 0.0622 e. The molecule has 0 spiro atoms. The summed E-state index contributed by atoms with van der Waals surface area (Å²) < 4.78 is 0. The van der Waals surface area contributed by atoms with Crippen LogP contribution in [0.15, 0.2) is 84.9 Å². The minimum absolute atomic E-state index is 0.237. The molecule has 3 rings (SSSR count). The van der Waals surface area contributed by atoms with Gasteiger partial charge in [-0.3, -0.25) is 0 Å². The van der Waals surface area contributed by atoms with Gasteiger partial charge in [0.2, 0.25) is 0 Å². The van der Waals surface area contributed by atoms with Gasteiger partial charge in [0.05, 0.1) is 0 Å². The second kappa shape index (κ2) is 5.98. The van der Waals surface area contributed by atoms with Gasteiger partial charge in [0.15, 0.2) is 5.25 Å². The van der Waals surface area contributed by atoms with Crippen molar-refractivity contribution in [2.75, 3.05) is 0 Å². The molecule has 0 aliphatic carbocycles. The van der Waals surface area contributed by atoms with Crippen molar-refractivity contribution < 1.29 is 0 Å². The van der Waals surface area contributed by atoms with E-state index >= 15 is 0 Å². The van der Waals surface area contributed by atoms with E-state index in [9.17, 15) is 0 Å². The van der Waals surface area contributed by atoms with Gasteiger partial charge in [0.25, 0.3) is 0 Å². The molecule has 0 radical (unpaired) electrons. The SMILES string of the molecule is [SH2+]C(c1ccccc1)c1ccc(-c2ccccc2)cc1. The third-order valence-electron chi connectivity index (χ3n) is 3.48. The average Bonchev–Trinajstić information content (AvgIpc) is 2.56. The van der Waals surface area contributed by atoms with E-state index < -0.39 is 0 Å². The maximum atomic E-state index is 3.83. The molecule has 20 heavy (non-hydrogen) atoms. The Morgan fingerprint density at radius 1 is 0.500 bits per heavy atom. The van der Waals surface area contributed by atoms with Crippen molar-refractivity contribution in [1.29, 1.82) is 0 Å². The van der Waals surface area contributed by atoms with Gasteiger partial charge >= 0.3 is 0 Å². The topological polar surface area (TPSA) is 0 Å². The Labute approximate surface area is 125 Å². The number of hydrogen-bond donors (Lipinski definition) is 0. The van der Waals surface area contributed by atoms with E-state index in [1.165, 1.54) is 22.3 Å². The minimum atomic E-state index is 0.237. The highest BCUT2D eigenvalue weighted by Crippen LogP contribution is 2.26. The fourth-order valence-corrected chi connectivity index (χ4v) is 2.72. The van der Waals surface area contributed by atoms with Gasteiger partial charge in [0, 0.05) is 11.1 Å². The fourth-order valence-electron chi connectivity index (χ4n) is 2.34. The molecular weight excluding hydrogens is 260 g/mol. The van der Waals surface area contributed by atoms with Crippen LogP contribution >= 0.6 is 0 Å². The zero-order valence-corrected chi connectivity index (χ0v) is 12.2. The molecule has 0 aliphatic heterocycles. The van der Waals surface area contributed by atoms with Crippen LogP contribution in [0.5, 0.6) is 0 Å². The van der Waals surface area contributed by atoms with Crippen LogP contribution in [0.3, 0.4) is 0 Å². The monoisotopic (exact) mass is 277 g/mol. The van der Waals surface area contributed by atoms with Crippen LogP contribution in [-0.2, 0) is 12.6 Å². The standard InChI is InChI=1S/C19H16S/c20-19(17-9-5-2-6-10-17)18-13-11-16(12-14-18)15-7-3-1-4-8-15/h1-14,19-20H/p+1. The van der Waals surface area contributed by atoms with Crippen LogP contribution < -0.4 is 0 Å². The lowest BCUT2D eigenvalue weighted by Crippen LogP contribution is -1.96. The highest BCUT2D eigenvalue weighted by atomic mass is 32.1. The molecule has 0 saturated heterocycles. The lowest BCUT2D eigenvalue weighted by molar-refractivity contribution is 1.16. The first-order valence-corrected chi connectivity index (χ1v) is 7.34. The molecule has 98 valence electrons. The van der Waals surface area contributed by atoms with E-state index in [2.05, 4.69) is 85.4 Å². The lowest BCUT2D eigenvalue weighted by Gasteiger charge is -2.08. The minimum Gasteiger partial charge on any atom is -0.0622 e. The van der Waals surface area contributed by atoms with Crippen LogP contribution in [0.25, 0.3) is 11.1 Å². The summed E-state index contributed by atoms with van der Waals surface area (Å²) in [4.78, 5) is 0. The first-order chi connectivity index (χ1) is 9.84. The molecule has 1 atom stereocenters. The highest BCUT2D eigenvalue weighted by Gasteiger charge is 2.14. The van der Waals surface area contributed by atoms with Gasteiger partial charge in [-0.15, -0.1) is 0 Å². The van der Waals surface area contributed by atoms with Crippen molar-refractivity contribution in [3.05, 3.63) is 96.1 Å². The molecule has 0 heterocycles. The van der Waals surface area contributed by atoms with Crippen molar-refractivity contribution in [2.45, 2.75) is 5.25 Å². The van der Waals surface area contributed by atoms with E-state index in [-0.39, 0.29) is 5.25 Å². The maximum Gasteiger partial charge on any atom is 0.163 e. The molecule has 0 aromatic heterocycles. The van der Waals surface area contributed by atoms with Crippen LogP contribution in [0.4, 0.5) is 0 Å². The van der Waals surface area contributed by atoms with E-state index in [0.29, 0.717) is 0 Å². The summed E-state index contributed by atoms with van der Waals surface area (Å²) in [6, 6.07) is 29.7. The number of rotatable bonds is 3. The van der Waals surface area contributed by atoms with Gasteiger partial charge in [-0.25, -0.2) is 0 Å². The third kappa shape index (κ3) is 2.78. The zero-order valence-electron chi connectivity index (χ0n) is 11.2. The van der Waals surface area contributed by atoms with Crippen LogP contribution in [0.1, 0.15) is 16.4 Å². The Morgan fingerprint density at radius 2 is 0.950 bits per heavy atom. The third-order valence-corrected chi connectivity index (χ3v) is 4.15. The molecule has 0 aliphatic rings. The van der Waals surface area contributed by atoms with Crippen molar-refractivity contribution in [3.63, 3.8) is 0 Å². The van der Waals surface area contributed by atoms with Crippen molar-refractivity contribution >= 4 is 12.6 Å². The lowest BCUT2D eigenvalue weighted by atomic mass is 10.00. The number of hydrogen-bond acceptors (Lipinski definition) is 0. The predicted molar refractivity (Wildman–Crippen MR) is 90.3 cm³/mol. The molecular formula is C19H17S+. The van der Waals surface area contributed by atoms with Gasteiger partial charge in [-0.1, -0.05) is 84.9 Å². The van der Waals surface area contributed by atoms with E-state index in [1.807, 2.05) is 12.1 Å². The summed E-state index contributed by atoms with van der Waals surface area (Å²) in [6.07, 6.45) is 0. The summed E-state index contributed by atoms with van der Waals surface area (Å²) in [7, 11) is 0. The molecule has 0 fully saturated rings. The molecule has 0 N–H and O–H groups in total. The van der Waals surface area contributed by atoms with Gasteiger partial charge in [-0.05, 0) is 23.8 Å². The quantitative estimate of drug-likeness (QED) is 0.620. The Morgan fingerprint density at radius 3 is 1.55 bits per heavy atom. The first kappa shape index (κ1) is 13.0. The van der Waals surface area contributed by atoms with Gasteiger partial charge in [0.1, 0.15) is 0 Å². The van der Waals surface area contributed by atoms with Crippen LogP contribution in [0, 0.1) is 0 Å². The predicted octanol–water partition coefficient (Wildman–Crippen LogP) is 4.45. The Balaban J connectivity index is 1.87. The van der Waals surface area contributed by atoms with E-state index in [4.69, 9.17) is 0 Å². The molecule has 0 nitrogen and oxygen atoms in total. The fraction of sp³-hybridized carbons (Fsp3) is 0.0526. The Bertz CT molecular complexity index is 657. The summed E-state index contributed by atoms with van der Waals surface area (Å²) in [5.41, 5.74) is 5.05. The van der Waals surface area contributed by atoms with Crippen LogP contribution in [0.2, 0.25) is 0 Å². The van der Waals surface area contributed by atoms with Gasteiger partial charge in [-0.2, -0.15) is 0 Å². The van der Waals surface area contributed by atoms with Gasteiger partial charge < -0.3 is 0 Å². The second-order valence-electron chi connectivity index (χ2n) is 4.83. The zero-order chi connectivity index (χ0) is 13.8. The Kier molecular flexibility index (Phi) is 3.89. The second-order valence-corrected chi connectivity index (χ2v) is 5.41. The summed E-state index contributed by atoms with van der Waals surface area (Å²) in [5, 5.41) is 0.237. The van der Waals surface area contributed by atoms with E-state index in [0.717, 1.165) is 0 Å². The normalized spacial score (nSPS) is 12.1. The van der Waals surface area contributed by atoms with Crippen molar-refractivity contribution in [3.8, 4) is 11.1 Å². The summed E-state index contributed by atoms with van der Waals surface area (Å²) in [6.45, 7) is 0. The highest BCUT2D eigenvalue weighted by molar-refractivity contribution is 7.59. The molecule has 0 amide bonds. The molecule has 0 bridgehead atoms. The maximum absolute atomic E-state index is 3.83. The van der Waals surface area contributed by atoms with Crippen molar-refractivity contribution in [1.82, 2.24) is 0 Å². The van der Waals surface area contributed by atoms with Crippen molar-refractivity contribution in [2.24, 2.45) is 0 Å². The Hall–Kier alpha value is -1.99. The molecule has 0 saturated carbocycles. The van der Waals surface area contributed by atoms with E-state index in [1.54, 1.807) is 0 Å². The average molecular weight is 277 g/mol. The molecule has 1 unspecified atom stereocenters. The van der Waals surface area contributed by atoms with Crippen LogP contribution in [-0.4, -0.2) is 0 Å². The summed E-state index contributed by atoms with van der Waals surface area (Å²) in [5.74, 6) is 0. The molecule has 3 aromatic rings. The first-order valence-electron chi connectivity index (χ1n) is 6.76. The number of benzene rings is 3. The molecule has 3 aromatic carbocycles. The molecule has 1 heteroatoms. The largest absolute Gasteiger partial charge is 0.163 e. The summed E-state index contributed by atoms with van der Waals surface area (Å²) >= 11 is 3.83.